The van der Waals surface area contributed by atoms with Gasteiger partial charge >= 0.3 is 0 Å². The highest BCUT2D eigenvalue weighted by Gasteiger charge is 2.44. The lowest BCUT2D eigenvalue weighted by atomic mass is 9.96. The van der Waals surface area contributed by atoms with Crippen LogP contribution in [0.2, 0.25) is 0 Å². The number of rotatable bonds is 6. The molecule has 0 bridgehead atoms. The van der Waals surface area contributed by atoms with Gasteiger partial charge in [-0.2, -0.15) is 0 Å². The summed E-state index contributed by atoms with van der Waals surface area (Å²) in [5.74, 6) is 0.411. The molecule has 2 aromatic rings. The van der Waals surface area contributed by atoms with E-state index in [0.717, 1.165) is 24.0 Å². The minimum atomic E-state index is -0.193. The van der Waals surface area contributed by atoms with Crippen LogP contribution >= 0.6 is 24.0 Å². The lowest BCUT2D eigenvalue weighted by molar-refractivity contribution is 0.0963. The zero-order valence-corrected chi connectivity index (χ0v) is 18.4. The second-order valence-electron chi connectivity index (χ2n) is 6.85. The Labute approximate surface area is 182 Å². The summed E-state index contributed by atoms with van der Waals surface area (Å²) in [4.78, 5) is 15.8. The number of carbonyl (C=O) groups excluding carboxylic acids is 1. The molecule has 1 fully saturated rings. The first-order chi connectivity index (χ1) is 13.1. The minimum Gasteiger partial charge on any atom is -0.356 e. The summed E-state index contributed by atoms with van der Waals surface area (Å²) in [6, 6.07) is 14.3. The molecule has 5 nitrogen and oxygen atoms in total. The van der Waals surface area contributed by atoms with E-state index in [-0.39, 0.29) is 41.1 Å². The molecule has 2 aromatic carbocycles. The zero-order chi connectivity index (χ0) is 19.3. The van der Waals surface area contributed by atoms with Crippen molar-refractivity contribution in [2.24, 2.45) is 4.99 Å². The lowest BCUT2D eigenvalue weighted by Gasteiger charge is -2.19. The number of nitrogens with zero attached hydrogens (tertiary/aromatic N) is 1. The van der Waals surface area contributed by atoms with Crippen LogP contribution in [0.5, 0.6) is 0 Å². The number of hydrogen-bond donors (Lipinski definition) is 3. The first-order valence-corrected chi connectivity index (χ1v) is 9.08. The Bertz CT molecular complexity index is 835. The SMILES string of the molecule is CN=C(NCc1ccc(C(=O)NC)cc1)NCC1(c2cccc(F)c2)CC1.I. The third-order valence-electron chi connectivity index (χ3n) is 5.01. The largest absolute Gasteiger partial charge is 0.356 e. The highest BCUT2D eigenvalue weighted by atomic mass is 127. The van der Waals surface area contributed by atoms with Gasteiger partial charge in [-0.3, -0.25) is 9.79 Å². The molecular formula is C21H26FIN4O. The van der Waals surface area contributed by atoms with E-state index in [1.54, 1.807) is 38.4 Å². The number of guanidine groups is 1. The molecule has 0 radical (unpaired) electrons. The third-order valence-corrected chi connectivity index (χ3v) is 5.01. The van der Waals surface area contributed by atoms with E-state index in [1.165, 1.54) is 6.07 Å². The number of aliphatic imine (C=N–C) groups is 1. The Morgan fingerprint density at radius 1 is 1.14 bits per heavy atom. The lowest BCUT2D eigenvalue weighted by Crippen LogP contribution is -2.40. The highest BCUT2D eigenvalue weighted by molar-refractivity contribution is 14.0. The summed E-state index contributed by atoms with van der Waals surface area (Å²) in [6.45, 7) is 1.31. The molecule has 0 aliphatic heterocycles. The summed E-state index contributed by atoms with van der Waals surface area (Å²) in [5, 5.41) is 9.23. The van der Waals surface area contributed by atoms with Gasteiger partial charge in [0.05, 0.1) is 0 Å². The van der Waals surface area contributed by atoms with E-state index in [1.807, 2.05) is 18.2 Å². The van der Waals surface area contributed by atoms with E-state index >= 15 is 0 Å². The maximum atomic E-state index is 13.5. The molecule has 0 aromatic heterocycles. The van der Waals surface area contributed by atoms with Crippen molar-refractivity contribution in [3.05, 3.63) is 71.0 Å². The van der Waals surface area contributed by atoms with Crippen LogP contribution in [0.15, 0.2) is 53.5 Å². The van der Waals surface area contributed by atoms with Crippen LogP contribution in [0.3, 0.4) is 0 Å². The molecule has 0 heterocycles. The molecular weight excluding hydrogens is 470 g/mol. The first-order valence-electron chi connectivity index (χ1n) is 9.08. The van der Waals surface area contributed by atoms with Crippen molar-refractivity contribution >= 4 is 35.8 Å². The van der Waals surface area contributed by atoms with Crippen LogP contribution in [0.1, 0.15) is 34.3 Å². The summed E-state index contributed by atoms with van der Waals surface area (Å²) in [6.07, 6.45) is 2.09. The zero-order valence-electron chi connectivity index (χ0n) is 16.1. The van der Waals surface area contributed by atoms with Crippen LogP contribution in [-0.2, 0) is 12.0 Å². The van der Waals surface area contributed by atoms with Gasteiger partial charge in [0, 0.05) is 38.2 Å². The van der Waals surface area contributed by atoms with Gasteiger partial charge in [0.2, 0.25) is 0 Å². The fraction of sp³-hybridized carbons (Fsp3) is 0.333. The average molecular weight is 496 g/mol. The Morgan fingerprint density at radius 3 is 2.43 bits per heavy atom. The summed E-state index contributed by atoms with van der Waals surface area (Å²) in [5.41, 5.74) is 2.72. The molecule has 0 saturated heterocycles. The van der Waals surface area contributed by atoms with Gasteiger partial charge in [0.15, 0.2) is 5.96 Å². The van der Waals surface area contributed by atoms with Gasteiger partial charge in [0.25, 0.3) is 5.91 Å². The molecule has 0 unspecified atom stereocenters. The number of hydrogen-bond acceptors (Lipinski definition) is 2. The number of benzene rings is 2. The standard InChI is InChI=1S/C21H25FN4O.HI/c1-23-19(27)16-8-6-15(7-9-16)13-25-20(24-2)26-14-21(10-11-21)17-4-3-5-18(22)12-17;/h3-9,12H,10-11,13-14H2,1-2H3,(H,23,27)(H2,24,25,26);1H. The van der Waals surface area contributed by atoms with E-state index in [4.69, 9.17) is 0 Å². The Balaban J connectivity index is 0.00000280. The number of halogens is 2. The van der Waals surface area contributed by atoms with Crippen LogP contribution in [-0.4, -0.2) is 32.5 Å². The summed E-state index contributed by atoms with van der Waals surface area (Å²) < 4.78 is 13.5. The Kier molecular flexibility index (Phi) is 7.79. The molecule has 1 aliphatic rings. The Hall–Kier alpha value is -2.16. The van der Waals surface area contributed by atoms with Crippen molar-refractivity contribution in [3.63, 3.8) is 0 Å². The number of nitrogens with one attached hydrogen (secondary N) is 3. The van der Waals surface area contributed by atoms with E-state index < -0.39 is 0 Å². The van der Waals surface area contributed by atoms with E-state index in [0.29, 0.717) is 24.6 Å². The maximum Gasteiger partial charge on any atom is 0.251 e. The minimum absolute atomic E-state index is 0. The van der Waals surface area contributed by atoms with Crippen molar-refractivity contribution in [3.8, 4) is 0 Å². The van der Waals surface area contributed by atoms with Crippen molar-refractivity contribution < 1.29 is 9.18 Å². The van der Waals surface area contributed by atoms with Crippen LogP contribution in [0, 0.1) is 5.82 Å². The summed E-state index contributed by atoms with van der Waals surface area (Å²) in [7, 11) is 3.34. The average Bonchev–Trinajstić information content (AvgIpc) is 3.49. The van der Waals surface area contributed by atoms with Crippen LogP contribution < -0.4 is 16.0 Å². The molecule has 28 heavy (non-hydrogen) atoms. The normalized spacial score (nSPS) is 14.6. The van der Waals surface area contributed by atoms with Gasteiger partial charge < -0.3 is 16.0 Å². The predicted octanol–water partition coefficient (Wildman–Crippen LogP) is 3.20. The highest BCUT2D eigenvalue weighted by Crippen LogP contribution is 2.47. The van der Waals surface area contributed by atoms with E-state index in [2.05, 4.69) is 20.9 Å². The topological polar surface area (TPSA) is 65.5 Å². The smallest absolute Gasteiger partial charge is 0.251 e. The number of amides is 1. The second kappa shape index (κ2) is 9.86. The first kappa shape index (κ1) is 22.1. The van der Waals surface area contributed by atoms with Crippen molar-refractivity contribution in [1.29, 1.82) is 0 Å². The molecule has 7 heteroatoms. The third kappa shape index (κ3) is 5.43. The van der Waals surface area contributed by atoms with Crippen molar-refractivity contribution in [2.45, 2.75) is 24.8 Å². The Morgan fingerprint density at radius 2 is 1.86 bits per heavy atom. The van der Waals surface area contributed by atoms with Gasteiger partial charge in [-0.15, -0.1) is 24.0 Å². The van der Waals surface area contributed by atoms with Gasteiger partial charge in [-0.25, -0.2) is 4.39 Å². The predicted molar refractivity (Wildman–Crippen MR) is 121 cm³/mol. The van der Waals surface area contributed by atoms with Crippen molar-refractivity contribution in [2.75, 3.05) is 20.6 Å². The van der Waals surface area contributed by atoms with Gasteiger partial charge in [-0.1, -0.05) is 24.3 Å². The second-order valence-corrected chi connectivity index (χ2v) is 6.85. The fourth-order valence-corrected chi connectivity index (χ4v) is 3.11. The van der Waals surface area contributed by atoms with Crippen molar-refractivity contribution in [1.82, 2.24) is 16.0 Å². The molecule has 0 spiro atoms. The van der Waals surface area contributed by atoms with E-state index in [9.17, 15) is 9.18 Å². The molecule has 150 valence electrons. The number of carbonyl (C=O) groups is 1. The van der Waals surface area contributed by atoms with Crippen LogP contribution in [0.4, 0.5) is 4.39 Å². The molecule has 0 atom stereocenters. The summed E-state index contributed by atoms with van der Waals surface area (Å²) >= 11 is 0. The maximum absolute atomic E-state index is 13.5. The quantitative estimate of drug-likeness (QED) is 0.327. The monoisotopic (exact) mass is 496 g/mol. The fourth-order valence-electron chi connectivity index (χ4n) is 3.11. The molecule has 3 rings (SSSR count). The van der Waals surface area contributed by atoms with Crippen LogP contribution in [0.25, 0.3) is 0 Å². The molecule has 1 saturated carbocycles. The molecule has 1 aliphatic carbocycles. The molecule has 3 N–H and O–H groups in total. The molecule has 1 amide bonds. The van der Waals surface area contributed by atoms with Gasteiger partial charge in [0.1, 0.15) is 5.82 Å². The van der Waals surface area contributed by atoms with Gasteiger partial charge in [-0.05, 0) is 48.2 Å².